The third kappa shape index (κ3) is 3.75. The maximum absolute atomic E-state index is 5.92. The van der Waals surface area contributed by atoms with Gasteiger partial charge < -0.3 is 15.3 Å². The fourth-order valence-electron chi connectivity index (χ4n) is 2.10. The van der Waals surface area contributed by atoms with E-state index >= 15 is 0 Å². The minimum Gasteiger partial charge on any atom is -0.496 e. The summed E-state index contributed by atoms with van der Waals surface area (Å²) >= 11 is 0. The zero-order chi connectivity index (χ0) is 15.2. The Labute approximate surface area is 125 Å². The number of hydrogen-bond donors (Lipinski definition) is 1. The van der Waals surface area contributed by atoms with Crippen LogP contribution in [0.2, 0.25) is 0 Å². The van der Waals surface area contributed by atoms with Crippen LogP contribution in [0.4, 0.5) is 0 Å². The Morgan fingerprint density at radius 2 is 1.90 bits per heavy atom. The summed E-state index contributed by atoms with van der Waals surface area (Å²) in [4.78, 5) is 0. The SMILES string of the molecule is COc1ccc(C=NN)cc1COc1cc(C)ccc1C. The average molecular weight is 284 g/mol. The van der Waals surface area contributed by atoms with Crippen LogP contribution in [0.25, 0.3) is 0 Å². The van der Waals surface area contributed by atoms with E-state index in [0.29, 0.717) is 6.61 Å². The lowest BCUT2D eigenvalue weighted by Crippen LogP contribution is -2.01. The maximum atomic E-state index is 5.92. The van der Waals surface area contributed by atoms with Gasteiger partial charge in [0.25, 0.3) is 0 Å². The van der Waals surface area contributed by atoms with E-state index in [1.54, 1.807) is 13.3 Å². The highest BCUT2D eigenvalue weighted by Crippen LogP contribution is 2.24. The van der Waals surface area contributed by atoms with Crippen LogP contribution >= 0.6 is 0 Å². The number of nitrogens with two attached hydrogens (primary N) is 1. The van der Waals surface area contributed by atoms with Crippen LogP contribution in [0.3, 0.4) is 0 Å². The normalized spacial score (nSPS) is 10.8. The molecule has 0 aromatic heterocycles. The summed E-state index contributed by atoms with van der Waals surface area (Å²) < 4.78 is 11.3. The molecule has 21 heavy (non-hydrogen) atoms. The zero-order valence-corrected chi connectivity index (χ0v) is 12.6. The van der Waals surface area contributed by atoms with Gasteiger partial charge in [0.2, 0.25) is 0 Å². The largest absolute Gasteiger partial charge is 0.496 e. The highest BCUT2D eigenvalue weighted by molar-refractivity contribution is 5.80. The summed E-state index contributed by atoms with van der Waals surface area (Å²) in [5.41, 5.74) is 4.15. The first-order valence-corrected chi connectivity index (χ1v) is 6.74. The summed E-state index contributed by atoms with van der Waals surface area (Å²) in [5.74, 6) is 6.86. The van der Waals surface area contributed by atoms with Crippen molar-refractivity contribution < 1.29 is 9.47 Å². The number of methoxy groups -OCH3 is 1. The molecule has 0 aliphatic rings. The first-order chi connectivity index (χ1) is 10.1. The maximum Gasteiger partial charge on any atom is 0.125 e. The highest BCUT2D eigenvalue weighted by atomic mass is 16.5. The Hall–Kier alpha value is -2.49. The topological polar surface area (TPSA) is 56.8 Å². The first kappa shape index (κ1) is 14.9. The molecule has 0 atom stereocenters. The van der Waals surface area contributed by atoms with Gasteiger partial charge in [-0.3, -0.25) is 0 Å². The molecule has 4 nitrogen and oxygen atoms in total. The third-order valence-electron chi connectivity index (χ3n) is 3.25. The van der Waals surface area contributed by atoms with E-state index in [1.807, 2.05) is 38.1 Å². The van der Waals surface area contributed by atoms with Gasteiger partial charge in [-0.15, -0.1) is 0 Å². The molecule has 0 spiro atoms. The van der Waals surface area contributed by atoms with Crippen molar-refractivity contribution in [3.8, 4) is 11.5 Å². The van der Waals surface area contributed by atoms with E-state index in [0.717, 1.165) is 28.2 Å². The first-order valence-electron chi connectivity index (χ1n) is 6.74. The van der Waals surface area contributed by atoms with Crippen LogP contribution in [0.15, 0.2) is 41.5 Å². The van der Waals surface area contributed by atoms with Gasteiger partial charge in [-0.25, -0.2) is 0 Å². The lowest BCUT2D eigenvalue weighted by molar-refractivity contribution is 0.294. The Bertz CT molecular complexity index is 651. The fourth-order valence-corrected chi connectivity index (χ4v) is 2.10. The van der Waals surface area contributed by atoms with E-state index in [1.165, 1.54) is 5.56 Å². The Morgan fingerprint density at radius 1 is 1.10 bits per heavy atom. The summed E-state index contributed by atoms with van der Waals surface area (Å²) in [7, 11) is 1.65. The molecule has 4 heteroatoms. The standard InChI is InChI=1S/C17H20N2O2/c1-12-4-5-13(2)17(8-12)21-11-15-9-14(10-19-18)6-7-16(15)20-3/h4-10H,11,18H2,1-3H3. The van der Waals surface area contributed by atoms with E-state index < -0.39 is 0 Å². The van der Waals surface area contributed by atoms with Gasteiger partial charge in [0.1, 0.15) is 18.1 Å². The van der Waals surface area contributed by atoms with Crippen molar-refractivity contribution in [2.75, 3.05) is 7.11 Å². The van der Waals surface area contributed by atoms with Crippen molar-refractivity contribution in [1.82, 2.24) is 0 Å². The molecule has 0 aliphatic carbocycles. The molecule has 0 aliphatic heterocycles. The van der Waals surface area contributed by atoms with Crippen LogP contribution in [-0.2, 0) is 6.61 Å². The van der Waals surface area contributed by atoms with Gasteiger partial charge in [-0.05, 0) is 54.8 Å². The molecule has 0 fully saturated rings. The highest BCUT2D eigenvalue weighted by Gasteiger charge is 2.06. The van der Waals surface area contributed by atoms with E-state index in [-0.39, 0.29) is 0 Å². The molecule has 0 amide bonds. The molecular weight excluding hydrogens is 264 g/mol. The number of hydrazone groups is 1. The predicted octanol–water partition coefficient (Wildman–Crippen LogP) is 3.18. The van der Waals surface area contributed by atoms with Crippen molar-refractivity contribution in [3.05, 3.63) is 58.7 Å². The number of rotatable bonds is 5. The summed E-state index contributed by atoms with van der Waals surface area (Å²) in [6.07, 6.45) is 1.60. The minimum absolute atomic E-state index is 0.430. The molecule has 0 saturated heterocycles. The number of aryl methyl sites for hydroxylation is 2. The molecule has 2 aromatic rings. The Balaban J connectivity index is 2.22. The van der Waals surface area contributed by atoms with Crippen molar-refractivity contribution in [1.29, 1.82) is 0 Å². The lowest BCUT2D eigenvalue weighted by Gasteiger charge is -2.13. The van der Waals surface area contributed by atoms with Crippen LogP contribution < -0.4 is 15.3 Å². The van der Waals surface area contributed by atoms with Gasteiger partial charge in [0, 0.05) is 5.56 Å². The van der Waals surface area contributed by atoms with Crippen LogP contribution in [0.1, 0.15) is 22.3 Å². The second kappa shape index (κ2) is 6.79. The van der Waals surface area contributed by atoms with E-state index in [9.17, 15) is 0 Å². The Kier molecular flexibility index (Phi) is 4.82. The predicted molar refractivity (Wildman–Crippen MR) is 85.0 cm³/mol. The molecule has 0 radical (unpaired) electrons. The number of ether oxygens (including phenoxy) is 2. The van der Waals surface area contributed by atoms with Gasteiger partial charge in [0.15, 0.2) is 0 Å². The van der Waals surface area contributed by atoms with Gasteiger partial charge >= 0.3 is 0 Å². The molecular formula is C17H20N2O2. The lowest BCUT2D eigenvalue weighted by atomic mass is 10.1. The second-order valence-corrected chi connectivity index (χ2v) is 4.91. The molecule has 0 bridgehead atoms. The molecule has 0 unspecified atom stereocenters. The van der Waals surface area contributed by atoms with Crippen molar-refractivity contribution in [2.45, 2.75) is 20.5 Å². The van der Waals surface area contributed by atoms with E-state index in [4.69, 9.17) is 15.3 Å². The van der Waals surface area contributed by atoms with Gasteiger partial charge in [0.05, 0.1) is 13.3 Å². The number of hydrogen-bond acceptors (Lipinski definition) is 4. The number of benzene rings is 2. The molecule has 2 rings (SSSR count). The molecule has 0 heterocycles. The van der Waals surface area contributed by atoms with Gasteiger partial charge in [-0.1, -0.05) is 12.1 Å². The fraction of sp³-hybridized carbons (Fsp3) is 0.235. The Morgan fingerprint density at radius 3 is 2.62 bits per heavy atom. The molecule has 2 N–H and O–H groups in total. The van der Waals surface area contributed by atoms with Crippen molar-refractivity contribution in [2.24, 2.45) is 10.9 Å². The summed E-state index contributed by atoms with van der Waals surface area (Å²) in [6.45, 7) is 4.51. The molecule has 110 valence electrons. The van der Waals surface area contributed by atoms with E-state index in [2.05, 4.69) is 17.2 Å². The second-order valence-electron chi connectivity index (χ2n) is 4.91. The van der Waals surface area contributed by atoms with Crippen LogP contribution in [0, 0.1) is 13.8 Å². The zero-order valence-electron chi connectivity index (χ0n) is 12.6. The van der Waals surface area contributed by atoms with Gasteiger partial charge in [-0.2, -0.15) is 5.10 Å². The smallest absolute Gasteiger partial charge is 0.125 e. The van der Waals surface area contributed by atoms with Crippen LogP contribution in [0.5, 0.6) is 11.5 Å². The summed E-state index contributed by atoms with van der Waals surface area (Å²) in [6, 6.07) is 11.9. The van der Waals surface area contributed by atoms with Crippen LogP contribution in [-0.4, -0.2) is 13.3 Å². The van der Waals surface area contributed by atoms with Crippen molar-refractivity contribution in [3.63, 3.8) is 0 Å². The monoisotopic (exact) mass is 284 g/mol. The minimum atomic E-state index is 0.430. The summed E-state index contributed by atoms with van der Waals surface area (Å²) in [5, 5.41) is 3.54. The third-order valence-corrected chi connectivity index (χ3v) is 3.25. The number of nitrogens with zero attached hydrogens (tertiary/aromatic N) is 1. The van der Waals surface area contributed by atoms with Crippen molar-refractivity contribution >= 4 is 6.21 Å². The average Bonchev–Trinajstić information content (AvgIpc) is 2.49. The molecule has 2 aromatic carbocycles. The molecule has 0 saturated carbocycles. The quantitative estimate of drug-likeness (QED) is 0.521.